The van der Waals surface area contributed by atoms with Crippen molar-refractivity contribution in [1.29, 1.82) is 0 Å². The van der Waals surface area contributed by atoms with E-state index in [9.17, 15) is 38.0 Å². The molecule has 0 radical (unpaired) electrons. The third-order valence-corrected chi connectivity index (χ3v) is 3.66. The van der Waals surface area contributed by atoms with E-state index in [0.717, 1.165) is 31.4 Å². The number of amides is 1. The Labute approximate surface area is 184 Å². The summed E-state index contributed by atoms with van der Waals surface area (Å²) in [6.45, 7) is 0. The number of carboxylic acid groups (broad SMARTS) is 1. The van der Waals surface area contributed by atoms with Crippen molar-refractivity contribution in [3.05, 3.63) is 63.2 Å². The van der Waals surface area contributed by atoms with Crippen molar-refractivity contribution in [2.45, 2.75) is 12.6 Å². The molecule has 29 heavy (non-hydrogen) atoms. The number of halogens is 3. The van der Waals surface area contributed by atoms with Crippen LogP contribution < -0.4 is 44.7 Å². The van der Waals surface area contributed by atoms with Crippen LogP contribution in [0.5, 0.6) is 5.75 Å². The van der Waals surface area contributed by atoms with Crippen LogP contribution in [0.15, 0.2) is 36.4 Å². The largest absolute Gasteiger partial charge is 1.00 e. The summed E-state index contributed by atoms with van der Waals surface area (Å²) >= 11 is 0. The third-order valence-electron chi connectivity index (χ3n) is 3.66. The topological polar surface area (TPSA) is 122 Å². The van der Waals surface area contributed by atoms with Gasteiger partial charge in [0.15, 0.2) is 0 Å². The number of benzene rings is 2. The van der Waals surface area contributed by atoms with Crippen LogP contribution in [0, 0.1) is 10.1 Å². The van der Waals surface area contributed by atoms with Crippen molar-refractivity contribution in [3.8, 4) is 5.75 Å². The molecular formula is C17H12F3N2NaO6. The van der Waals surface area contributed by atoms with Gasteiger partial charge in [-0.05, 0) is 23.8 Å². The van der Waals surface area contributed by atoms with E-state index in [0.29, 0.717) is 6.07 Å². The normalized spacial score (nSPS) is 10.6. The fraction of sp³-hybridized carbons (Fsp3) is 0.176. The van der Waals surface area contributed by atoms with Crippen LogP contribution in [-0.4, -0.2) is 23.9 Å². The summed E-state index contributed by atoms with van der Waals surface area (Å²) < 4.78 is 43.7. The average Bonchev–Trinajstić information content (AvgIpc) is 2.60. The maximum Gasteiger partial charge on any atom is 1.00 e. The number of nitrogens with zero attached hydrogens (tertiary/aromatic N) is 1. The second kappa shape index (κ2) is 9.72. The standard InChI is InChI=1S/C17H13F3N2O6.Na/c1-28-14-5-3-10(7-13(14)17(18,19)20)21-15(23)6-9-2-4-11(22(26)27)8-12(9)16(24)25;/h2-5,7-8H,6H2,1H3,(H,21,23)(H,24,25);/q;+1/p-1. The molecule has 1 amide bonds. The molecule has 0 fully saturated rings. The summed E-state index contributed by atoms with van der Waals surface area (Å²) in [5.41, 5.74) is -2.44. The van der Waals surface area contributed by atoms with Gasteiger partial charge in [-0.2, -0.15) is 13.2 Å². The molecule has 0 aromatic heterocycles. The number of nitro groups is 1. The second-order valence-corrected chi connectivity index (χ2v) is 5.52. The number of rotatable bonds is 6. The molecule has 0 spiro atoms. The Kier molecular flexibility index (Phi) is 8.18. The second-order valence-electron chi connectivity index (χ2n) is 5.52. The molecule has 0 atom stereocenters. The number of anilines is 1. The van der Waals surface area contributed by atoms with Gasteiger partial charge in [-0.3, -0.25) is 14.9 Å². The van der Waals surface area contributed by atoms with Gasteiger partial charge in [0.1, 0.15) is 5.75 Å². The Morgan fingerprint density at radius 1 is 1.17 bits per heavy atom. The molecule has 0 unspecified atom stereocenters. The van der Waals surface area contributed by atoms with Gasteiger partial charge < -0.3 is 20.0 Å². The Morgan fingerprint density at radius 2 is 1.83 bits per heavy atom. The summed E-state index contributed by atoms with van der Waals surface area (Å²) in [4.78, 5) is 33.2. The molecule has 1 N–H and O–H groups in total. The number of aromatic carboxylic acids is 1. The zero-order chi connectivity index (χ0) is 21.1. The molecule has 2 aromatic rings. The number of hydrogen-bond acceptors (Lipinski definition) is 6. The Bertz CT molecular complexity index is 949. The van der Waals surface area contributed by atoms with Gasteiger partial charge in [-0.15, -0.1) is 0 Å². The maximum absolute atomic E-state index is 13.0. The maximum atomic E-state index is 13.0. The van der Waals surface area contributed by atoms with Gasteiger partial charge >= 0.3 is 35.7 Å². The monoisotopic (exact) mass is 420 g/mol. The molecule has 0 saturated carbocycles. The Balaban J connectivity index is 0.00000420. The summed E-state index contributed by atoms with van der Waals surface area (Å²) in [5.74, 6) is -2.98. The number of carboxylic acids is 1. The third kappa shape index (κ3) is 6.17. The molecule has 0 aliphatic carbocycles. The van der Waals surface area contributed by atoms with E-state index in [1.54, 1.807) is 0 Å². The summed E-state index contributed by atoms with van der Waals surface area (Å²) in [7, 11) is 1.07. The number of methoxy groups -OCH3 is 1. The number of hydrogen-bond donors (Lipinski definition) is 1. The predicted octanol–water partition coefficient (Wildman–Crippen LogP) is -0.829. The van der Waals surface area contributed by atoms with Crippen molar-refractivity contribution in [3.63, 3.8) is 0 Å². The van der Waals surface area contributed by atoms with Gasteiger partial charge in [0.05, 0.1) is 30.0 Å². The van der Waals surface area contributed by atoms with Gasteiger partial charge in [0.2, 0.25) is 5.91 Å². The van der Waals surface area contributed by atoms with Crippen molar-refractivity contribution in [1.82, 2.24) is 0 Å². The van der Waals surface area contributed by atoms with Crippen molar-refractivity contribution in [2.75, 3.05) is 12.4 Å². The fourth-order valence-corrected chi connectivity index (χ4v) is 2.41. The summed E-state index contributed by atoms with van der Waals surface area (Å²) in [6.07, 6.45) is -5.26. The number of nitro benzene ring substituents is 1. The first-order chi connectivity index (χ1) is 13.0. The molecule has 8 nitrogen and oxygen atoms in total. The number of nitrogens with one attached hydrogen (secondary N) is 1. The van der Waals surface area contributed by atoms with Crippen LogP contribution >= 0.6 is 0 Å². The zero-order valence-electron chi connectivity index (χ0n) is 15.2. The van der Waals surface area contributed by atoms with E-state index in [4.69, 9.17) is 0 Å². The zero-order valence-corrected chi connectivity index (χ0v) is 17.2. The molecule has 0 saturated heterocycles. The number of carbonyl (C=O) groups is 2. The minimum atomic E-state index is -4.72. The van der Waals surface area contributed by atoms with E-state index in [-0.39, 0.29) is 40.8 Å². The molecule has 0 aliphatic heterocycles. The molecule has 0 aliphatic rings. The molecule has 2 rings (SSSR count). The van der Waals surface area contributed by atoms with Crippen molar-refractivity contribution >= 4 is 23.3 Å². The first-order valence-electron chi connectivity index (χ1n) is 7.56. The fourth-order valence-electron chi connectivity index (χ4n) is 2.41. The molecular weight excluding hydrogens is 408 g/mol. The van der Waals surface area contributed by atoms with E-state index < -0.39 is 52.0 Å². The SMILES string of the molecule is COc1ccc(NC(=O)Cc2ccc([N+](=O)[O-])cc2C(=O)[O-])cc1C(F)(F)F.[Na+]. The first-order valence-corrected chi connectivity index (χ1v) is 7.56. The van der Waals surface area contributed by atoms with Crippen molar-refractivity contribution < 1.29 is 67.1 Å². The molecule has 2 aromatic carbocycles. The number of ether oxygens (including phenoxy) is 1. The van der Waals surface area contributed by atoms with Crippen LogP contribution in [0.2, 0.25) is 0 Å². The molecule has 0 heterocycles. The predicted molar refractivity (Wildman–Crippen MR) is 87.8 cm³/mol. The Morgan fingerprint density at radius 3 is 2.34 bits per heavy atom. The quantitative estimate of drug-likeness (QED) is 0.370. The van der Waals surface area contributed by atoms with Gasteiger partial charge in [-0.1, -0.05) is 6.07 Å². The van der Waals surface area contributed by atoms with Crippen molar-refractivity contribution in [2.24, 2.45) is 0 Å². The molecule has 12 heteroatoms. The van der Waals surface area contributed by atoms with Crippen LogP contribution in [0.4, 0.5) is 24.5 Å². The van der Waals surface area contributed by atoms with Crippen LogP contribution in [-0.2, 0) is 17.4 Å². The van der Waals surface area contributed by atoms with E-state index in [1.807, 2.05) is 0 Å². The van der Waals surface area contributed by atoms with Crippen LogP contribution in [0.3, 0.4) is 0 Å². The van der Waals surface area contributed by atoms with E-state index in [1.165, 1.54) is 6.07 Å². The number of carbonyl (C=O) groups excluding carboxylic acids is 2. The van der Waals surface area contributed by atoms with E-state index in [2.05, 4.69) is 10.1 Å². The number of non-ortho nitro benzene ring substituents is 1. The molecule has 148 valence electrons. The van der Waals surface area contributed by atoms with Gasteiger partial charge in [0.25, 0.3) is 5.69 Å². The Hall–Kier alpha value is -2.63. The van der Waals surface area contributed by atoms with Gasteiger partial charge in [0, 0.05) is 23.4 Å². The smallest absolute Gasteiger partial charge is 0.545 e. The molecule has 0 bridgehead atoms. The first kappa shape index (κ1) is 24.4. The minimum Gasteiger partial charge on any atom is -0.545 e. The minimum absolute atomic E-state index is 0. The number of alkyl halides is 3. The van der Waals surface area contributed by atoms with Crippen LogP contribution in [0.25, 0.3) is 0 Å². The summed E-state index contributed by atoms with van der Waals surface area (Å²) in [5, 5.41) is 24.1. The van der Waals surface area contributed by atoms with Gasteiger partial charge in [-0.25, -0.2) is 0 Å². The van der Waals surface area contributed by atoms with Crippen LogP contribution in [0.1, 0.15) is 21.5 Å². The van der Waals surface area contributed by atoms with E-state index >= 15 is 0 Å². The summed E-state index contributed by atoms with van der Waals surface area (Å²) in [6, 6.07) is 5.69. The average molecular weight is 420 g/mol.